The summed E-state index contributed by atoms with van der Waals surface area (Å²) < 4.78 is 16.0. The lowest BCUT2D eigenvalue weighted by molar-refractivity contribution is 0.141. The zero-order valence-electron chi connectivity index (χ0n) is 12.6. The third-order valence-corrected chi connectivity index (χ3v) is 2.81. The van der Waals surface area contributed by atoms with Crippen LogP contribution in [-0.2, 0) is 9.47 Å². The van der Waals surface area contributed by atoms with Gasteiger partial charge in [-0.2, -0.15) is 4.98 Å². The molecule has 0 aromatic carbocycles. The van der Waals surface area contributed by atoms with E-state index in [-0.39, 0.29) is 0 Å². The van der Waals surface area contributed by atoms with E-state index < -0.39 is 0 Å². The first-order valence-corrected chi connectivity index (χ1v) is 6.93. The van der Waals surface area contributed by atoms with Gasteiger partial charge in [-0.3, -0.25) is 0 Å². The van der Waals surface area contributed by atoms with Crippen LogP contribution in [0, 0.1) is 0 Å². The van der Waals surface area contributed by atoms with Crippen LogP contribution in [0.4, 0.5) is 11.5 Å². The summed E-state index contributed by atoms with van der Waals surface area (Å²) in [5.41, 5.74) is 6.32. The van der Waals surface area contributed by atoms with E-state index in [1.165, 1.54) is 0 Å². The molecule has 0 aliphatic rings. The molecule has 1 rings (SSSR count). The minimum Gasteiger partial charge on any atom is -0.479 e. The molecule has 0 bridgehead atoms. The maximum Gasteiger partial charge on any atom is 0.238 e. The fourth-order valence-electron chi connectivity index (χ4n) is 1.76. The third-order valence-electron chi connectivity index (χ3n) is 2.81. The standard InChI is InChI=1S/C14H25N3O3/c1-4-19-10-8-17(9-11-20-5-2)13-7-6-12(15)14(16-13)18-3/h6-7H,4-5,8-11,15H2,1-3H3. The molecule has 6 heteroatoms. The Balaban J connectivity index is 2.73. The molecule has 0 spiro atoms. The van der Waals surface area contributed by atoms with Crippen molar-refractivity contribution in [3.8, 4) is 5.88 Å². The molecule has 1 aromatic rings. The number of anilines is 2. The van der Waals surface area contributed by atoms with Crippen LogP contribution in [0.2, 0.25) is 0 Å². The molecule has 114 valence electrons. The van der Waals surface area contributed by atoms with Crippen molar-refractivity contribution in [2.75, 3.05) is 57.3 Å². The Bertz CT molecular complexity index is 378. The van der Waals surface area contributed by atoms with Gasteiger partial charge >= 0.3 is 0 Å². The van der Waals surface area contributed by atoms with Crippen LogP contribution in [0.5, 0.6) is 5.88 Å². The second kappa shape index (κ2) is 9.39. The van der Waals surface area contributed by atoms with Crippen LogP contribution in [-0.4, -0.2) is 51.6 Å². The Morgan fingerprint density at radius 2 is 1.70 bits per heavy atom. The number of pyridine rings is 1. The molecule has 0 fully saturated rings. The summed E-state index contributed by atoms with van der Waals surface area (Å²) in [6.07, 6.45) is 0. The lowest BCUT2D eigenvalue weighted by atomic mass is 10.3. The van der Waals surface area contributed by atoms with Crippen LogP contribution < -0.4 is 15.4 Å². The maximum atomic E-state index is 5.79. The Morgan fingerprint density at radius 1 is 1.10 bits per heavy atom. The van der Waals surface area contributed by atoms with Gasteiger partial charge < -0.3 is 24.8 Å². The van der Waals surface area contributed by atoms with E-state index in [0.717, 1.165) is 18.9 Å². The number of nitrogen functional groups attached to an aromatic ring is 1. The molecule has 0 aliphatic carbocycles. The van der Waals surface area contributed by atoms with Crippen molar-refractivity contribution < 1.29 is 14.2 Å². The van der Waals surface area contributed by atoms with Gasteiger partial charge in [0.2, 0.25) is 5.88 Å². The van der Waals surface area contributed by atoms with Crippen LogP contribution in [0.1, 0.15) is 13.8 Å². The van der Waals surface area contributed by atoms with E-state index in [2.05, 4.69) is 9.88 Å². The number of ether oxygens (including phenoxy) is 3. The molecule has 0 amide bonds. The molecule has 0 saturated carbocycles. The minimum absolute atomic E-state index is 0.445. The predicted octanol–water partition coefficient (Wildman–Crippen LogP) is 1.55. The Morgan fingerprint density at radius 3 is 2.20 bits per heavy atom. The summed E-state index contributed by atoms with van der Waals surface area (Å²) in [7, 11) is 1.56. The molecular formula is C14H25N3O3. The van der Waals surface area contributed by atoms with Crippen LogP contribution >= 0.6 is 0 Å². The number of aromatic nitrogens is 1. The first kappa shape index (κ1) is 16.5. The predicted molar refractivity (Wildman–Crippen MR) is 80.4 cm³/mol. The number of nitrogens with two attached hydrogens (primary N) is 1. The lowest BCUT2D eigenvalue weighted by Crippen LogP contribution is -2.32. The fraction of sp³-hybridized carbons (Fsp3) is 0.643. The lowest BCUT2D eigenvalue weighted by Gasteiger charge is -2.24. The van der Waals surface area contributed by atoms with Gasteiger partial charge in [-0.1, -0.05) is 0 Å². The first-order valence-electron chi connectivity index (χ1n) is 6.93. The quantitative estimate of drug-likeness (QED) is 0.657. The number of methoxy groups -OCH3 is 1. The van der Waals surface area contributed by atoms with Crippen molar-refractivity contribution in [3.05, 3.63) is 12.1 Å². The van der Waals surface area contributed by atoms with E-state index in [0.29, 0.717) is 38.0 Å². The number of hydrogen-bond donors (Lipinski definition) is 1. The second-order valence-corrected chi connectivity index (χ2v) is 4.15. The van der Waals surface area contributed by atoms with Crippen molar-refractivity contribution in [1.29, 1.82) is 0 Å². The summed E-state index contributed by atoms with van der Waals surface area (Å²) in [5.74, 6) is 1.26. The monoisotopic (exact) mass is 283 g/mol. The highest BCUT2D eigenvalue weighted by atomic mass is 16.5. The Kier molecular flexibility index (Phi) is 7.75. The van der Waals surface area contributed by atoms with Gasteiger partial charge in [0, 0.05) is 26.3 Å². The average molecular weight is 283 g/mol. The number of hydrogen-bond acceptors (Lipinski definition) is 6. The van der Waals surface area contributed by atoms with Crippen molar-refractivity contribution >= 4 is 11.5 Å². The molecule has 0 atom stereocenters. The van der Waals surface area contributed by atoms with Crippen LogP contribution in [0.15, 0.2) is 12.1 Å². The van der Waals surface area contributed by atoms with Crippen LogP contribution in [0.25, 0.3) is 0 Å². The van der Waals surface area contributed by atoms with E-state index in [1.54, 1.807) is 13.2 Å². The third kappa shape index (κ3) is 5.22. The van der Waals surface area contributed by atoms with Crippen molar-refractivity contribution in [3.63, 3.8) is 0 Å². The van der Waals surface area contributed by atoms with Gasteiger partial charge in [0.05, 0.1) is 26.0 Å². The SMILES string of the molecule is CCOCCN(CCOCC)c1ccc(N)c(OC)n1. The molecule has 20 heavy (non-hydrogen) atoms. The van der Waals surface area contributed by atoms with Crippen molar-refractivity contribution in [2.45, 2.75) is 13.8 Å². The molecule has 0 radical (unpaired) electrons. The van der Waals surface area contributed by atoms with Crippen molar-refractivity contribution in [2.24, 2.45) is 0 Å². The van der Waals surface area contributed by atoms with Crippen molar-refractivity contribution in [1.82, 2.24) is 4.98 Å². The van der Waals surface area contributed by atoms with Gasteiger partial charge in [-0.15, -0.1) is 0 Å². The number of rotatable bonds is 10. The Hall–Kier alpha value is -1.53. The summed E-state index contributed by atoms with van der Waals surface area (Å²) >= 11 is 0. The maximum absolute atomic E-state index is 5.79. The molecule has 0 saturated heterocycles. The molecule has 2 N–H and O–H groups in total. The summed E-state index contributed by atoms with van der Waals surface area (Å²) in [6.45, 7) is 8.18. The van der Waals surface area contributed by atoms with Crippen LogP contribution in [0.3, 0.4) is 0 Å². The van der Waals surface area contributed by atoms with E-state index in [4.69, 9.17) is 19.9 Å². The van der Waals surface area contributed by atoms with Gasteiger partial charge in [0.1, 0.15) is 5.82 Å². The summed E-state index contributed by atoms with van der Waals surface area (Å²) in [5, 5.41) is 0. The normalized spacial score (nSPS) is 10.6. The van der Waals surface area contributed by atoms with E-state index in [1.807, 2.05) is 19.9 Å². The highest BCUT2D eigenvalue weighted by Crippen LogP contribution is 2.22. The van der Waals surface area contributed by atoms with Gasteiger partial charge in [0.15, 0.2) is 0 Å². The van der Waals surface area contributed by atoms with Gasteiger partial charge in [-0.05, 0) is 26.0 Å². The smallest absolute Gasteiger partial charge is 0.238 e. The largest absolute Gasteiger partial charge is 0.479 e. The van der Waals surface area contributed by atoms with E-state index >= 15 is 0 Å². The fourth-order valence-corrected chi connectivity index (χ4v) is 1.76. The minimum atomic E-state index is 0.445. The average Bonchev–Trinajstić information content (AvgIpc) is 2.47. The summed E-state index contributed by atoms with van der Waals surface area (Å²) in [6, 6.07) is 3.69. The zero-order valence-corrected chi connectivity index (χ0v) is 12.6. The molecule has 0 aliphatic heterocycles. The highest BCUT2D eigenvalue weighted by Gasteiger charge is 2.11. The molecule has 1 heterocycles. The van der Waals surface area contributed by atoms with Gasteiger partial charge in [-0.25, -0.2) is 0 Å². The molecule has 1 aromatic heterocycles. The summed E-state index contributed by atoms with van der Waals surface area (Å²) in [4.78, 5) is 6.52. The molecule has 0 unspecified atom stereocenters. The topological polar surface area (TPSA) is 69.8 Å². The first-order chi connectivity index (χ1) is 9.72. The van der Waals surface area contributed by atoms with E-state index in [9.17, 15) is 0 Å². The Labute approximate surface area is 120 Å². The molecular weight excluding hydrogens is 258 g/mol. The number of nitrogens with zero attached hydrogens (tertiary/aromatic N) is 2. The zero-order chi connectivity index (χ0) is 14.8. The van der Waals surface area contributed by atoms with Gasteiger partial charge in [0.25, 0.3) is 0 Å². The highest BCUT2D eigenvalue weighted by molar-refractivity contribution is 5.54. The molecule has 6 nitrogen and oxygen atoms in total. The second-order valence-electron chi connectivity index (χ2n) is 4.15.